The van der Waals surface area contributed by atoms with Crippen molar-refractivity contribution in [2.24, 2.45) is 0 Å². The third kappa shape index (κ3) is 11.0. The third-order valence-electron chi connectivity index (χ3n) is 7.47. The van der Waals surface area contributed by atoms with Crippen molar-refractivity contribution in [1.82, 2.24) is 0 Å². The molecule has 0 aliphatic carbocycles. The second-order valence-corrected chi connectivity index (χ2v) is 20.9. The SMILES string of the molecule is CC(C)Sc1cccc(P(c2ccccc2)c2ccccc2)c1[O][Zr+2][O]c1c(SC(C)C)cccc1P(c1ccccc1)c1ccccc1.[Cl-].[Cl-]. The van der Waals surface area contributed by atoms with Crippen molar-refractivity contribution in [2.75, 3.05) is 0 Å². The molecular formula is C42H40Cl2O2P2S2Zr. The second kappa shape index (κ2) is 21.0. The Labute approximate surface area is 340 Å². The normalized spacial score (nSPS) is 10.8. The third-order valence-corrected chi connectivity index (χ3v) is 15.9. The summed E-state index contributed by atoms with van der Waals surface area (Å²) in [5.74, 6) is 1.96. The van der Waals surface area contributed by atoms with E-state index >= 15 is 0 Å². The fourth-order valence-electron chi connectivity index (χ4n) is 5.53. The zero-order valence-electron chi connectivity index (χ0n) is 28.9. The van der Waals surface area contributed by atoms with Crippen molar-refractivity contribution in [1.29, 1.82) is 0 Å². The van der Waals surface area contributed by atoms with Crippen LogP contribution in [0.25, 0.3) is 0 Å². The molecule has 6 aromatic carbocycles. The van der Waals surface area contributed by atoms with E-state index < -0.39 is 40.0 Å². The molecule has 0 unspecified atom stereocenters. The molecule has 6 aromatic rings. The number of halogens is 2. The molecule has 0 aliphatic rings. The molecule has 51 heavy (non-hydrogen) atoms. The van der Waals surface area contributed by atoms with Gasteiger partial charge in [-0.05, 0) is 0 Å². The van der Waals surface area contributed by atoms with E-state index in [-0.39, 0.29) is 24.8 Å². The molecule has 9 heteroatoms. The number of hydrogen-bond donors (Lipinski definition) is 0. The molecule has 0 aliphatic heterocycles. The summed E-state index contributed by atoms with van der Waals surface area (Å²) in [6.07, 6.45) is 0. The van der Waals surface area contributed by atoms with Crippen LogP contribution >= 0.6 is 39.4 Å². The Morgan fingerprint density at radius 1 is 0.412 bits per heavy atom. The summed E-state index contributed by atoms with van der Waals surface area (Å²) >= 11 is 1.83. The van der Waals surface area contributed by atoms with E-state index in [4.69, 9.17) is 5.63 Å². The van der Waals surface area contributed by atoms with Crippen molar-refractivity contribution in [3.63, 3.8) is 0 Å². The van der Waals surface area contributed by atoms with Crippen molar-refractivity contribution in [2.45, 2.75) is 48.0 Å². The summed E-state index contributed by atoms with van der Waals surface area (Å²) in [6, 6.07) is 56.9. The topological polar surface area (TPSA) is 18.5 Å². The van der Waals surface area contributed by atoms with Crippen molar-refractivity contribution in [3.05, 3.63) is 158 Å². The van der Waals surface area contributed by atoms with Gasteiger partial charge in [0.2, 0.25) is 0 Å². The number of hydrogen-bond acceptors (Lipinski definition) is 4. The first-order valence-corrected chi connectivity index (χ1v) is 22.9. The number of rotatable bonds is 14. The van der Waals surface area contributed by atoms with Crippen LogP contribution in [0, 0.1) is 0 Å². The van der Waals surface area contributed by atoms with Gasteiger partial charge < -0.3 is 24.8 Å². The Hall–Kier alpha value is -2.06. The summed E-state index contributed by atoms with van der Waals surface area (Å²) in [5.41, 5.74) is 0. The van der Waals surface area contributed by atoms with Crippen LogP contribution in [0.4, 0.5) is 0 Å². The summed E-state index contributed by atoms with van der Waals surface area (Å²) in [7, 11) is -1.68. The Bertz CT molecular complexity index is 1700. The molecule has 0 fully saturated rings. The van der Waals surface area contributed by atoms with Gasteiger partial charge in [0.1, 0.15) is 0 Å². The fourth-order valence-corrected chi connectivity index (χ4v) is 14.7. The van der Waals surface area contributed by atoms with Crippen LogP contribution in [0.3, 0.4) is 0 Å². The molecule has 0 saturated carbocycles. The molecule has 0 atom stereocenters. The maximum atomic E-state index is 7.04. The molecule has 0 amide bonds. The first-order valence-electron chi connectivity index (χ1n) is 16.5. The number of thioether (sulfide) groups is 2. The van der Waals surface area contributed by atoms with E-state index in [9.17, 15) is 0 Å². The minimum atomic E-state index is -1.89. The van der Waals surface area contributed by atoms with Gasteiger partial charge in [0.05, 0.1) is 0 Å². The molecule has 0 N–H and O–H groups in total. The minimum Gasteiger partial charge on any atom is -1.00 e. The van der Waals surface area contributed by atoms with E-state index in [1.54, 1.807) is 0 Å². The van der Waals surface area contributed by atoms with Gasteiger partial charge in [-0.25, -0.2) is 0 Å². The fraction of sp³-hybridized carbons (Fsp3) is 0.143. The molecule has 0 aromatic heterocycles. The maximum absolute atomic E-state index is 7.04. The standard InChI is InChI=1S/2C21H21OPS.2ClH.Zr/c2*1-16(2)24-20-15-9-14-19(21(20)22)23(17-10-5-3-6-11-17)18-12-7-4-8-13-18;;;/h2*3-16,22H,1-2H3;2*1H;/q;;;;+4/p-4. The molecule has 260 valence electrons. The van der Waals surface area contributed by atoms with Crippen LogP contribution < -0.4 is 62.3 Å². The van der Waals surface area contributed by atoms with Gasteiger partial charge in [0.25, 0.3) is 0 Å². The predicted octanol–water partition coefficient (Wildman–Crippen LogP) is 3.58. The zero-order chi connectivity index (χ0) is 34.0. The Morgan fingerprint density at radius 2 is 0.706 bits per heavy atom. The van der Waals surface area contributed by atoms with E-state index in [1.807, 2.05) is 23.5 Å². The number of benzene rings is 6. The van der Waals surface area contributed by atoms with Gasteiger partial charge in [-0.3, -0.25) is 0 Å². The molecular weight excluding hydrogens is 825 g/mol. The van der Waals surface area contributed by atoms with Gasteiger partial charge in [-0.2, -0.15) is 0 Å². The van der Waals surface area contributed by atoms with Crippen molar-refractivity contribution in [3.8, 4) is 11.5 Å². The van der Waals surface area contributed by atoms with Gasteiger partial charge in [0, 0.05) is 0 Å². The molecule has 6 rings (SSSR count). The number of para-hydroxylation sites is 2. The first-order chi connectivity index (χ1) is 24.0. The molecule has 0 radical (unpaired) electrons. The van der Waals surface area contributed by atoms with Crippen LogP contribution in [-0.4, -0.2) is 10.5 Å². The van der Waals surface area contributed by atoms with E-state index in [1.165, 1.54) is 41.6 Å². The van der Waals surface area contributed by atoms with Crippen LogP contribution in [-0.2, 0) is 24.1 Å². The minimum absolute atomic E-state index is 0. The Balaban J connectivity index is 0.00000292. The average Bonchev–Trinajstić information content (AvgIpc) is 3.12. The van der Waals surface area contributed by atoms with Crippen LogP contribution in [0.15, 0.2) is 168 Å². The van der Waals surface area contributed by atoms with E-state index in [0.29, 0.717) is 10.5 Å². The monoisotopic (exact) mass is 862 g/mol. The maximum Gasteiger partial charge on any atom is -1.00 e. The molecule has 0 spiro atoms. The molecule has 0 bridgehead atoms. The van der Waals surface area contributed by atoms with Gasteiger partial charge in [-0.15, -0.1) is 0 Å². The summed E-state index contributed by atoms with van der Waals surface area (Å²) in [4.78, 5) is 2.36. The van der Waals surface area contributed by atoms with Gasteiger partial charge in [0.15, 0.2) is 0 Å². The van der Waals surface area contributed by atoms with Gasteiger partial charge >= 0.3 is 318 Å². The first kappa shape index (κ1) is 41.7. The van der Waals surface area contributed by atoms with Crippen LogP contribution in [0.5, 0.6) is 11.5 Å². The largest absolute Gasteiger partial charge is 1.00 e. The van der Waals surface area contributed by atoms with Crippen molar-refractivity contribution >= 4 is 71.2 Å². The average molecular weight is 865 g/mol. The Kier molecular flexibility index (Phi) is 17.2. The molecule has 2 nitrogen and oxygen atoms in total. The summed E-state index contributed by atoms with van der Waals surface area (Å²) < 4.78 is 14.1. The molecule has 0 heterocycles. The zero-order valence-corrected chi connectivity index (χ0v) is 36.3. The Morgan fingerprint density at radius 3 is 0.980 bits per heavy atom. The second-order valence-electron chi connectivity index (χ2n) is 11.8. The smallest absolute Gasteiger partial charge is 1.00 e. The van der Waals surface area contributed by atoms with Gasteiger partial charge in [-0.1, -0.05) is 0 Å². The molecule has 0 saturated heterocycles. The van der Waals surface area contributed by atoms with E-state index in [0.717, 1.165) is 11.5 Å². The predicted molar refractivity (Wildman–Crippen MR) is 214 cm³/mol. The van der Waals surface area contributed by atoms with Crippen LogP contribution in [0.1, 0.15) is 27.7 Å². The summed E-state index contributed by atoms with van der Waals surface area (Å²) in [6.45, 7) is 8.98. The quantitative estimate of drug-likeness (QED) is 0.123. The summed E-state index contributed by atoms with van der Waals surface area (Å²) in [5, 5.41) is 8.55. The van der Waals surface area contributed by atoms with E-state index in [2.05, 4.69) is 185 Å². The van der Waals surface area contributed by atoms with Crippen molar-refractivity contribution < 1.29 is 54.6 Å². The van der Waals surface area contributed by atoms with Crippen LogP contribution in [0.2, 0.25) is 0 Å².